The van der Waals surface area contributed by atoms with Crippen molar-refractivity contribution in [1.82, 2.24) is 0 Å². The van der Waals surface area contributed by atoms with Crippen LogP contribution >= 0.6 is 11.6 Å². The fourth-order valence-corrected chi connectivity index (χ4v) is 2.29. The van der Waals surface area contributed by atoms with E-state index in [1.54, 1.807) is 12.1 Å². The van der Waals surface area contributed by atoms with Gasteiger partial charge in [0, 0.05) is 24.4 Å². The Hall–Kier alpha value is -1.33. The van der Waals surface area contributed by atoms with Crippen LogP contribution < -0.4 is 5.32 Å². The molecule has 2 rings (SSSR count). The maximum absolute atomic E-state index is 10.6. The molecule has 0 amide bonds. The van der Waals surface area contributed by atoms with Gasteiger partial charge in [-0.1, -0.05) is 11.6 Å². The molecule has 5 nitrogen and oxygen atoms in total. The highest BCUT2D eigenvalue weighted by Gasteiger charge is 2.29. The minimum absolute atomic E-state index is 0.0666. The largest absolute Gasteiger partial charge is 0.382 e. The van der Waals surface area contributed by atoms with Crippen molar-refractivity contribution in [2.24, 2.45) is 0 Å². The van der Waals surface area contributed by atoms with Gasteiger partial charge in [-0.2, -0.15) is 0 Å². The summed E-state index contributed by atoms with van der Waals surface area (Å²) in [6.45, 7) is 2.72. The Balaban J connectivity index is 1.92. The summed E-state index contributed by atoms with van der Waals surface area (Å²) in [6, 6.07) is 5.05. The Morgan fingerprint density at radius 3 is 2.83 bits per heavy atom. The van der Waals surface area contributed by atoms with Crippen LogP contribution in [-0.4, -0.2) is 23.7 Å². The number of nitro groups is 1. The molecule has 0 heterocycles. The highest BCUT2D eigenvalue weighted by molar-refractivity contribution is 6.32. The molecule has 0 radical (unpaired) electrons. The van der Waals surface area contributed by atoms with Gasteiger partial charge in [0.25, 0.3) is 5.69 Å². The first-order valence-electron chi connectivity index (χ1n) is 5.92. The van der Waals surface area contributed by atoms with E-state index >= 15 is 0 Å². The number of hydrogen-bond acceptors (Lipinski definition) is 4. The van der Waals surface area contributed by atoms with Crippen molar-refractivity contribution in [3.05, 3.63) is 33.3 Å². The predicted molar refractivity (Wildman–Crippen MR) is 70.2 cm³/mol. The third-order valence-corrected chi connectivity index (χ3v) is 3.32. The normalized spacial score (nSPS) is 22.3. The quantitative estimate of drug-likeness (QED) is 0.659. The minimum Gasteiger partial charge on any atom is -0.382 e. The van der Waals surface area contributed by atoms with E-state index in [1.165, 1.54) is 6.07 Å². The number of nitro benzene ring substituents is 1. The summed E-state index contributed by atoms with van der Waals surface area (Å²) in [7, 11) is 0. The molecule has 1 fully saturated rings. The second kappa shape index (κ2) is 5.54. The molecule has 98 valence electrons. The van der Waals surface area contributed by atoms with Crippen molar-refractivity contribution in [2.75, 3.05) is 11.9 Å². The smallest absolute Gasteiger partial charge is 0.288 e. The molecule has 6 heteroatoms. The van der Waals surface area contributed by atoms with Crippen molar-refractivity contribution >= 4 is 23.0 Å². The zero-order chi connectivity index (χ0) is 13.1. The highest BCUT2D eigenvalue weighted by atomic mass is 35.5. The fraction of sp³-hybridized carbons (Fsp3) is 0.500. The summed E-state index contributed by atoms with van der Waals surface area (Å²) in [5.74, 6) is 0. The molecule has 1 saturated carbocycles. The van der Waals surface area contributed by atoms with Crippen LogP contribution in [0.5, 0.6) is 0 Å². The van der Waals surface area contributed by atoms with Crippen molar-refractivity contribution in [1.29, 1.82) is 0 Å². The van der Waals surface area contributed by atoms with Gasteiger partial charge in [0.05, 0.1) is 11.0 Å². The zero-order valence-corrected chi connectivity index (χ0v) is 10.8. The van der Waals surface area contributed by atoms with Gasteiger partial charge in [-0.25, -0.2) is 0 Å². The second-order valence-corrected chi connectivity index (χ2v) is 4.72. The predicted octanol–water partition coefficient (Wildman–Crippen LogP) is 3.23. The lowest BCUT2D eigenvalue weighted by Crippen LogP contribution is -2.40. The highest BCUT2D eigenvalue weighted by Crippen LogP contribution is 2.31. The number of rotatable bonds is 5. The minimum atomic E-state index is -0.486. The number of nitrogens with zero attached hydrogens (tertiary/aromatic N) is 1. The molecular weight excluding hydrogens is 256 g/mol. The number of hydrogen-bond donors (Lipinski definition) is 1. The molecule has 0 atom stereocenters. The average molecular weight is 271 g/mol. The molecule has 1 aromatic rings. The van der Waals surface area contributed by atoms with Gasteiger partial charge in [-0.3, -0.25) is 10.1 Å². The number of halogens is 1. The van der Waals surface area contributed by atoms with Gasteiger partial charge >= 0.3 is 0 Å². The van der Waals surface area contributed by atoms with Crippen molar-refractivity contribution in [2.45, 2.75) is 31.9 Å². The van der Waals surface area contributed by atoms with E-state index in [4.69, 9.17) is 16.3 Å². The molecule has 0 aromatic heterocycles. The van der Waals surface area contributed by atoms with E-state index < -0.39 is 4.92 Å². The van der Waals surface area contributed by atoms with Gasteiger partial charge in [0.1, 0.15) is 5.02 Å². The van der Waals surface area contributed by atoms with E-state index in [2.05, 4.69) is 5.32 Å². The van der Waals surface area contributed by atoms with Gasteiger partial charge in [0.2, 0.25) is 0 Å². The average Bonchev–Trinajstić information content (AvgIpc) is 2.26. The van der Waals surface area contributed by atoms with Crippen LogP contribution in [-0.2, 0) is 4.74 Å². The van der Waals surface area contributed by atoms with Gasteiger partial charge in [0.15, 0.2) is 0 Å². The molecule has 18 heavy (non-hydrogen) atoms. The Kier molecular flexibility index (Phi) is 4.04. The monoisotopic (exact) mass is 270 g/mol. The summed E-state index contributed by atoms with van der Waals surface area (Å²) in [4.78, 5) is 10.1. The van der Waals surface area contributed by atoms with E-state index in [0.717, 1.165) is 25.1 Å². The van der Waals surface area contributed by atoms with Crippen LogP contribution in [0.15, 0.2) is 18.2 Å². The van der Waals surface area contributed by atoms with E-state index in [9.17, 15) is 10.1 Å². The Bertz CT molecular complexity index is 447. The first-order chi connectivity index (χ1) is 8.60. The lowest BCUT2D eigenvalue weighted by Gasteiger charge is -2.36. The first-order valence-corrected chi connectivity index (χ1v) is 6.30. The molecule has 0 aliphatic heterocycles. The molecule has 0 bridgehead atoms. The SMILES string of the molecule is CCOC1CC(Nc2ccc([N+](=O)[O-])c(Cl)c2)C1. The van der Waals surface area contributed by atoms with Crippen molar-refractivity contribution in [3.63, 3.8) is 0 Å². The van der Waals surface area contributed by atoms with Gasteiger partial charge < -0.3 is 10.1 Å². The van der Waals surface area contributed by atoms with E-state index in [1.807, 2.05) is 6.92 Å². The van der Waals surface area contributed by atoms with Crippen LogP contribution in [0.25, 0.3) is 0 Å². The maximum Gasteiger partial charge on any atom is 0.288 e. The van der Waals surface area contributed by atoms with E-state index in [0.29, 0.717) is 12.1 Å². The van der Waals surface area contributed by atoms with Gasteiger partial charge in [-0.05, 0) is 31.9 Å². The Morgan fingerprint density at radius 1 is 1.56 bits per heavy atom. The number of nitrogens with one attached hydrogen (secondary N) is 1. The molecule has 1 N–H and O–H groups in total. The lowest BCUT2D eigenvalue weighted by atomic mass is 9.89. The van der Waals surface area contributed by atoms with Gasteiger partial charge in [-0.15, -0.1) is 0 Å². The third kappa shape index (κ3) is 2.91. The summed E-state index contributed by atoms with van der Waals surface area (Å²) in [5.41, 5.74) is 0.744. The van der Waals surface area contributed by atoms with Crippen LogP contribution in [0.2, 0.25) is 5.02 Å². The van der Waals surface area contributed by atoms with Crippen molar-refractivity contribution < 1.29 is 9.66 Å². The summed E-state index contributed by atoms with van der Waals surface area (Å²) >= 11 is 5.84. The van der Waals surface area contributed by atoms with Crippen molar-refractivity contribution in [3.8, 4) is 0 Å². The number of ether oxygens (including phenoxy) is 1. The Labute approximate surface area is 110 Å². The lowest BCUT2D eigenvalue weighted by molar-refractivity contribution is -0.384. The van der Waals surface area contributed by atoms with Crippen LogP contribution in [0.1, 0.15) is 19.8 Å². The fourth-order valence-electron chi connectivity index (χ4n) is 2.04. The molecule has 0 saturated heterocycles. The zero-order valence-electron chi connectivity index (χ0n) is 10.1. The molecule has 1 aromatic carbocycles. The maximum atomic E-state index is 10.6. The molecule has 1 aliphatic rings. The standard InChI is InChI=1S/C12H15ClN2O3/c1-2-18-10-5-9(6-10)14-8-3-4-12(15(16)17)11(13)7-8/h3-4,7,9-10,14H,2,5-6H2,1H3. The molecule has 0 spiro atoms. The molecule has 0 unspecified atom stereocenters. The summed E-state index contributed by atoms with van der Waals surface area (Å²) in [6.07, 6.45) is 2.26. The Morgan fingerprint density at radius 2 is 2.28 bits per heavy atom. The summed E-state index contributed by atoms with van der Waals surface area (Å²) < 4.78 is 5.46. The van der Waals surface area contributed by atoms with E-state index in [-0.39, 0.29) is 10.7 Å². The topological polar surface area (TPSA) is 64.4 Å². The first kappa shape index (κ1) is 13.1. The van der Waals surface area contributed by atoms with Crippen LogP contribution in [0, 0.1) is 10.1 Å². The number of benzene rings is 1. The third-order valence-electron chi connectivity index (χ3n) is 3.01. The molecular formula is C12H15ClN2O3. The second-order valence-electron chi connectivity index (χ2n) is 4.31. The number of anilines is 1. The molecule has 1 aliphatic carbocycles. The van der Waals surface area contributed by atoms with Crippen LogP contribution in [0.3, 0.4) is 0 Å². The van der Waals surface area contributed by atoms with Crippen LogP contribution in [0.4, 0.5) is 11.4 Å². The summed E-state index contributed by atoms with van der Waals surface area (Å²) in [5, 5.41) is 14.1.